The van der Waals surface area contributed by atoms with Crippen molar-refractivity contribution in [3.05, 3.63) is 23.2 Å². The van der Waals surface area contributed by atoms with Gasteiger partial charge in [-0.2, -0.15) is 0 Å². The molecular weight excluding hydrogens is 330 g/mol. The molecule has 7 heteroatoms. The van der Waals surface area contributed by atoms with Gasteiger partial charge in [0.25, 0.3) is 5.91 Å². The van der Waals surface area contributed by atoms with E-state index in [1.807, 2.05) is 20.9 Å². The van der Waals surface area contributed by atoms with Gasteiger partial charge in [-0.1, -0.05) is 11.6 Å². The number of amides is 2. The van der Waals surface area contributed by atoms with Crippen LogP contribution in [-0.4, -0.2) is 50.0 Å². The molecule has 0 fully saturated rings. The molecular formula is C17H26ClN3O3. The minimum absolute atomic E-state index is 0.0584. The van der Waals surface area contributed by atoms with Crippen molar-refractivity contribution >= 4 is 29.1 Å². The number of nitrogens with one attached hydrogen (secondary N) is 2. The quantitative estimate of drug-likeness (QED) is 0.633. The summed E-state index contributed by atoms with van der Waals surface area (Å²) in [5.41, 5.74) is 0.608. The fourth-order valence-corrected chi connectivity index (χ4v) is 2.39. The SMILES string of the molecule is CCN(CC)C(=O)COc1ccc(NC(=O)CCCNC)cc1Cl. The zero-order chi connectivity index (χ0) is 17.9. The average Bonchev–Trinajstić information content (AvgIpc) is 2.55. The standard InChI is InChI=1S/C17H26ClN3O3/c1-4-21(5-2)17(23)12-24-15-9-8-13(11-14(15)18)20-16(22)7-6-10-19-3/h8-9,11,19H,4-7,10,12H2,1-3H3,(H,20,22). The van der Waals surface area contributed by atoms with E-state index < -0.39 is 0 Å². The molecule has 1 aromatic rings. The molecule has 2 N–H and O–H groups in total. The van der Waals surface area contributed by atoms with Crippen LogP contribution >= 0.6 is 11.6 Å². The van der Waals surface area contributed by atoms with E-state index in [0.717, 1.165) is 13.0 Å². The number of halogens is 1. The lowest BCUT2D eigenvalue weighted by molar-refractivity contribution is -0.133. The van der Waals surface area contributed by atoms with Gasteiger partial charge in [0.2, 0.25) is 5.91 Å². The fraction of sp³-hybridized carbons (Fsp3) is 0.529. The van der Waals surface area contributed by atoms with Gasteiger partial charge in [-0.25, -0.2) is 0 Å². The third-order valence-corrected chi connectivity index (χ3v) is 3.81. The van der Waals surface area contributed by atoms with Crippen LogP contribution in [0.3, 0.4) is 0 Å². The van der Waals surface area contributed by atoms with E-state index >= 15 is 0 Å². The van der Waals surface area contributed by atoms with Crippen LogP contribution in [0.1, 0.15) is 26.7 Å². The lowest BCUT2D eigenvalue weighted by atomic mass is 10.2. The second-order valence-electron chi connectivity index (χ2n) is 5.26. The molecule has 0 aliphatic rings. The first-order valence-corrected chi connectivity index (χ1v) is 8.54. The topological polar surface area (TPSA) is 70.7 Å². The van der Waals surface area contributed by atoms with Crippen LogP contribution in [0.5, 0.6) is 5.75 Å². The molecule has 0 aliphatic heterocycles. The number of benzene rings is 1. The summed E-state index contributed by atoms with van der Waals surface area (Å²) >= 11 is 6.16. The molecule has 0 aromatic heterocycles. The van der Waals surface area contributed by atoms with Gasteiger partial charge in [0.15, 0.2) is 6.61 Å². The van der Waals surface area contributed by atoms with E-state index in [-0.39, 0.29) is 18.4 Å². The molecule has 0 heterocycles. The van der Waals surface area contributed by atoms with Crippen LogP contribution in [-0.2, 0) is 9.59 Å². The number of carbonyl (C=O) groups excluding carboxylic acids is 2. The van der Waals surface area contributed by atoms with Gasteiger partial charge in [0.1, 0.15) is 5.75 Å². The van der Waals surface area contributed by atoms with Crippen molar-refractivity contribution < 1.29 is 14.3 Å². The summed E-state index contributed by atoms with van der Waals surface area (Å²) in [5.74, 6) is 0.273. The molecule has 0 bridgehead atoms. The summed E-state index contributed by atoms with van der Waals surface area (Å²) in [7, 11) is 1.85. The molecule has 0 unspecified atom stereocenters. The first kappa shape index (κ1) is 20.3. The van der Waals surface area contributed by atoms with Crippen LogP contribution in [0, 0.1) is 0 Å². The molecule has 134 valence electrons. The van der Waals surface area contributed by atoms with Crippen molar-refractivity contribution in [2.24, 2.45) is 0 Å². The Morgan fingerprint density at radius 1 is 1.25 bits per heavy atom. The van der Waals surface area contributed by atoms with Gasteiger partial charge < -0.3 is 20.3 Å². The predicted molar refractivity (Wildman–Crippen MR) is 96.7 cm³/mol. The van der Waals surface area contributed by atoms with E-state index in [0.29, 0.717) is 36.0 Å². The number of hydrogen-bond donors (Lipinski definition) is 2. The Hall–Kier alpha value is -1.79. The van der Waals surface area contributed by atoms with E-state index in [4.69, 9.17) is 16.3 Å². The summed E-state index contributed by atoms with van der Waals surface area (Å²) in [4.78, 5) is 25.4. The number of carbonyl (C=O) groups is 2. The Kier molecular flexibility index (Phi) is 9.19. The van der Waals surface area contributed by atoms with Crippen molar-refractivity contribution in [2.75, 3.05) is 38.6 Å². The van der Waals surface area contributed by atoms with Crippen molar-refractivity contribution in [1.82, 2.24) is 10.2 Å². The zero-order valence-electron chi connectivity index (χ0n) is 14.5. The van der Waals surface area contributed by atoms with Crippen LogP contribution in [0.4, 0.5) is 5.69 Å². The summed E-state index contributed by atoms with van der Waals surface area (Å²) in [6, 6.07) is 4.98. The molecule has 0 spiro atoms. The van der Waals surface area contributed by atoms with Crippen molar-refractivity contribution in [2.45, 2.75) is 26.7 Å². The third-order valence-electron chi connectivity index (χ3n) is 3.51. The van der Waals surface area contributed by atoms with E-state index in [9.17, 15) is 9.59 Å². The zero-order valence-corrected chi connectivity index (χ0v) is 15.3. The Morgan fingerprint density at radius 3 is 2.54 bits per heavy atom. The number of ether oxygens (including phenoxy) is 1. The number of rotatable bonds is 10. The average molecular weight is 356 g/mol. The Balaban J connectivity index is 2.55. The third kappa shape index (κ3) is 6.76. The van der Waals surface area contributed by atoms with Crippen LogP contribution in [0.25, 0.3) is 0 Å². The second-order valence-corrected chi connectivity index (χ2v) is 5.66. The highest BCUT2D eigenvalue weighted by atomic mass is 35.5. The molecule has 1 rings (SSSR count). The maximum atomic E-state index is 11.9. The van der Waals surface area contributed by atoms with Crippen LogP contribution < -0.4 is 15.4 Å². The molecule has 0 aliphatic carbocycles. The largest absolute Gasteiger partial charge is 0.482 e. The Morgan fingerprint density at radius 2 is 1.96 bits per heavy atom. The highest BCUT2D eigenvalue weighted by Crippen LogP contribution is 2.27. The number of nitrogens with zero attached hydrogens (tertiary/aromatic N) is 1. The minimum Gasteiger partial charge on any atom is -0.482 e. The summed E-state index contributed by atoms with van der Waals surface area (Å²) in [5, 5.41) is 6.14. The van der Waals surface area contributed by atoms with Crippen LogP contribution in [0.2, 0.25) is 5.02 Å². The van der Waals surface area contributed by atoms with E-state index in [2.05, 4.69) is 10.6 Å². The molecule has 0 saturated heterocycles. The fourth-order valence-electron chi connectivity index (χ4n) is 2.15. The first-order chi connectivity index (χ1) is 11.5. The molecule has 0 atom stereocenters. The van der Waals surface area contributed by atoms with Gasteiger partial charge in [0.05, 0.1) is 5.02 Å². The minimum atomic E-state index is -0.0852. The Bertz CT molecular complexity index is 548. The highest BCUT2D eigenvalue weighted by Gasteiger charge is 2.12. The maximum Gasteiger partial charge on any atom is 0.260 e. The summed E-state index contributed by atoms with van der Waals surface area (Å²) in [6.45, 7) is 5.86. The lowest BCUT2D eigenvalue weighted by Gasteiger charge is -2.19. The molecule has 2 amide bonds. The van der Waals surface area contributed by atoms with Gasteiger partial charge >= 0.3 is 0 Å². The normalized spacial score (nSPS) is 10.3. The first-order valence-electron chi connectivity index (χ1n) is 8.16. The molecule has 6 nitrogen and oxygen atoms in total. The van der Waals surface area contributed by atoms with E-state index in [1.165, 1.54) is 0 Å². The van der Waals surface area contributed by atoms with Crippen molar-refractivity contribution in [1.29, 1.82) is 0 Å². The lowest BCUT2D eigenvalue weighted by Crippen LogP contribution is -2.34. The van der Waals surface area contributed by atoms with Crippen LogP contribution in [0.15, 0.2) is 18.2 Å². The molecule has 0 saturated carbocycles. The van der Waals surface area contributed by atoms with Gasteiger partial charge in [-0.05, 0) is 52.1 Å². The summed E-state index contributed by atoms with van der Waals surface area (Å²) < 4.78 is 5.48. The molecule has 0 radical (unpaired) electrons. The number of likely N-dealkylation sites (N-methyl/N-ethyl adjacent to an activating group) is 1. The van der Waals surface area contributed by atoms with Gasteiger partial charge in [-0.15, -0.1) is 0 Å². The monoisotopic (exact) mass is 355 g/mol. The van der Waals surface area contributed by atoms with Gasteiger partial charge in [0, 0.05) is 25.2 Å². The maximum absolute atomic E-state index is 11.9. The smallest absolute Gasteiger partial charge is 0.260 e. The number of anilines is 1. The van der Waals surface area contributed by atoms with Gasteiger partial charge in [-0.3, -0.25) is 9.59 Å². The van der Waals surface area contributed by atoms with Crippen molar-refractivity contribution in [3.8, 4) is 5.75 Å². The highest BCUT2D eigenvalue weighted by molar-refractivity contribution is 6.32. The van der Waals surface area contributed by atoms with Crippen molar-refractivity contribution in [3.63, 3.8) is 0 Å². The Labute approximate surface area is 148 Å². The predicted octanol–water partition coefficient (Wildman–Crippen LogP) is 2.53. The number of hydrogen-bond acceptors (Lipinski definition) is 4. The van der Waals surface area contributed by atoms with E-state index in [1.54, 1.807) is 23.1 Å². The summed E-state index contributed by atoms with van der Waals surface area (Å²) in [6.07, 6.45) is 1.21. The second kappa shape index (κ2) is 10.9. The molecule has 24 heavy (non-hydrogen) atoms. The molecule has 1 aromatic carbocycles.